The maximum absolute atomic E-state index is 13.2. The zero-order valence-corrected chi connectivity index (χ0v) is 9.66. The Morgan fingerprint density at radius 3 is 2.50 bits per heavy atom. The molecule has 0 saturated carbocycles. The van der Waals surface area contributed by atoms with E-state index in [-0.39, 0.29) is 16.2 Å². The Balaban J connectivity index is 2.83. The summed E-state index contributed by atoms with van der Waals surface area (Å²) < 4.78 is 48.9. The third-order valence-electron chi connectivity index (χ3n) is 1.88. The summed E-state index contributed by atoms with van der Waals surface area (Å²) in [6.45, 7) is 0. The van der Waals surface area contributed by atoms with Crippen molar-refractivity contribution in [1.29, 1.82) is 0 Å². The van der Waals surface area contributed by atoms with E-state index in [1.54, 1.807) is 0 Å². The number of rotatable bonds is 3. The first-order chi connectivity index (χ1) is 8.19. The van der Waals surface area contributed by atoms with Gasteiger partial charge in [0.15, 0.2) is 0 Å². The van der Waals surface area contributed by atoms with Gasteiger partial charge in [-0.2, -0.15) is 13.2 Å². The first-order valence-electron chi connectivity index (χ1n) is 4.65. The summed E-state index contributed by atoms with van der Waals surface area (Å²) in [4.78, 5) is 10.8. The molecule has 0 bridgehead atoms. The van der Waals surface area contributed by atoms with E-state index in [1.807, 2.05) is 5.32 Å². The Hall–Kier alpha value is -1.70. The normalized spacial score (nSPS) is 11.1. The van der Waals surface area contributed by atoms with Crippen LogP contribution in [0.4, 0.5) is 23.2 Å². The monoisotopic (exact) mass is 280 g/mol. The van der Waals surface area contributed by atoms with Crippen molar-refractivity contribution in [1.82, 2.24) is 0 Å². The zero-order valence-electron chi connectivity index (χ0n) is 8.84. The number of carbonyl (C=O) groups is 1. The van der Waals surface area contributed by atoms with Gasteiger partial charge >= 0.3 is 6.18 Å². The summed E-state index contributed by atoms with van der Waals surface area (Å²) in [6.07, 6.45) is -6.22. The molecule has 0 aliphatic heterocycles. The van der Waals surface area contributed by atoms with Crippen molar-refractivity contribution in [3.05, 3.63) is 29.6 Å². The lowest BCUT2D eigenvalue weighted by atomic mass is 10.2. The number of nitrogens with one attached hydrogen (secondary N) is 1. The Kier molecular flexibility index (Phi) is 4.23. The average Bonchev–Trinajstić information content (AvgIpc) is 2.17. The quantitative estimate of drug-likeness (QED) is 0.660. The van der Waals surface area contributed by atoms with Crippen LogP contribution >= 0.6 is 12.2 Å². The van der Waals surface area contributed by atoms with Gasteiger partial charge in [-0.3, -0.25) is 4.79 Å². The first kappa shape index (κ1) is 14.4. The topological polar surface area (TPSA) is 55.1 Å². The standard InChI is InChI=1S/C10H8F4N2OS/c11-7-2-1-5(3-6(7)9(15)18)16-8(17)4-10(12,13)14/h1-3H,4H2,(H2,15,18)(H,16,17). The fourth-order valence-electron chi connectivity index (χ4n) is 1.18. The highest BCUT2D eigenvalue weighted by Crippen LogP contribution is 2.21. The van der Waals surface area contributed by atoms with Crippen molar-refractivity contribution < 1.29 is 22.4 Å². The highest BCUT2D eigenvalue weighted by atomic mass is 32.1. The molecule has 1 aromatic carbocycles. The molecule has 0 fully saturated rings. The third kappa shape index (κ3) is 4.28. The summed E-state index contributed by atoms with van der Waals surface area (Å²) in [5.74, 6) is -1.96. The lowest BCUT2D eigenvalue weighted by Crippen LogP contribution is -2.21. The van der Waals surface area contributed by atoms with Crippen LogP contribution in [-0.4, -0.2) is 17.1 Å². The number of amides is 1. The van der Waals surface area contributed by atoms with E-state index in [0.29, 0.717) is 0 Å². The maximum Gasteiger partial charge on any atom is 0.397 e. The molecule has 0 aromatic heterocycles. The van der Waals surface area contributed by atoms with E-state index >= 15 is 0 Å². The Morgan fingerprint density at radius 2 is 2.00 bits per heavy atom. The molecule has 0 unspecified atom stereocenters. The molecule has 0 heterocycles. The number of thiocarbonyl (C=S) groups is 1. The van der Waals surface area contributed by atoms with Crippen molar-refractivity contribution in [3.63, 3.8) is 0 Å². The van der Waals surface area contributed by atoms with Gasteiger partial charge in [0.2, 0.25) is 5.91 Å². The van der Waals surface area contributed by atoms with Crippen molar-refractivity contribution in [2.75, 3.05) is 5.32 Å². The molecule has 0 radical (unpaired) electrons. The van der Waals surface area contributed by atoms with Crippen LogP contribution in [0.5, 0.6) is 0 Å². The number of nitrogens with two attached hydrogens (primary N) is 1. The molecule has 1 amide bonds. The molecule has 0 spiro atoms. The van der Waals surface area contributed by atoms with Gasteiger partial charge in [-0.05, 0) is 18.2 Å². The number of carbonyl (C=O) groups excluding carboxylic acids is 1. The summed E-state index contributed by atoms with van der Waals surface area (Å²) in [7, 11) is 0. The molecule has 18 heavy (non-hydrogen) atoms. The maximum atomic E-state index is 13.2. The largest absolute Gasteiger partial charge is 0.397 e. The molecular formula is C10H8F4N2OS. The molecule has 0 atom stereocenters. The number of benzene rings is 1. The molecule has 8 heteroatoms. The van der Waals surface area contributed by atoms with Gasteiger partial charge in [0.05, 0.1) is 0 Å². The van der Waals surface area contributed by atoms with Crippen molar-refractivity contribution in [3.8, 4) is 0 Å². The van der Waals surface area contributed by atoms with Gasteiger partial charge in [0, 0.05) is 11.3 Å². The fourth-order valence-corrected chi connectivity index (χ4v) is 1.34. The molecule has 3 nitrogen and oxygen atoms in total. The van der Waals surface area contributed by atoms with Crippen LogP contribution in [0.3, 0.4) is 0 Å². The highest BCUT2D eigenvalue weighted by molar-refractivity contribution is 7.80. The second kappa shape index (κ2) is 5.30. The predicted molar refractivity (Wildman–Crippen MR) is 61.6 cm³/mol. The summed E-state index contributed by atoms with van der Waals surface area (Å²) in [5, 5.41) is 1.98. The summed E-state index contributed by atoms with van der Waals surface area (Å²) in [6, 6.07) is 3.15. The van der Waals surface area contributed by atoms with Crippen LogP contribution in [0.1, 0.15) is 12.0 Å². The van der Waals surface area contributed by atoms with Gasteiger partial charge in [-0.15, -0.1) is 0 Å². The Bertz CT molecular complexity index is 487. The number of alkyl halides is 3. The minimum absolute atomic E-state index is 0.00606. The number of hydrogen-bond donors (Lipinski definition) is 2. The van der Waals surface area contributed by atoms with Crippen molar-refractivity contribution >= 4 is 28.8 Å². The van der Waals surface area contributed by atoms with Crippen LogP contribution in [0.2, 0.25) is 0 Å². The fraction of sp³-hybridized carbons (Fsp3) is 0.200. The molecule has 1 rings (SSSR count). The lowest BCUT2D eigenvalue weighted by molar-refractivity contribution is -0.150. The first-order valence-corrected chi connectivity index (χ1v) is 5.06. The predicted octanol–water partition coefficient (Wildman–Crippen LogP) is 2.35. The lowest BCUT2D eigenvalue weighted by Gasteiger charge is -2.09. The molecule has 3 N–H and O–H groups in total. The van der Waals surface area contributed by atoms with Crippen molar-refractivity contribution in [2.45, 2.75) is 12.6 Å². The number of halogens is 4. The van der Waals surface area contributed by atoms with Gasteiger partial charge in [-0.1, -0.05) is 12.2 Å². The van der Waals surface area contributed by atoms with E-state index in [2.05, 4.69) is 12.2 Å². The van der Waals surface area contributed by atoms with Gasteiger partial charge in [0.25, 0.3) is 0 Å². The minimum Gasteiger partial charge on any atom is -0.389 e. The Morgan fingerprint density at radius 1 is 1.39 bits per heavy atom. The van der Waals surface area contributed by atoms with Crippen LogP contribution in [-0.2, 0) is 4.79 Å². The molecular weight excluding hydrogens is 272 g/mol. The molecule has 98 valence electrons. The van der Waals surface area contributed by atoms with Crippen LogP contribution in [0, 0.1) is 5.82 Å². The van der Waals surface area contributed by atoms with Gasteiger partial charge in [-0.25, -0.2) is 4.39 Å². The second-order valence-corrected chi connectivity index (χ2v) is 3.84. The van der Waals surface area contributed by atoms with Crippen LogP contribution in [0.15, 0.2) is 18.2 Å². The van der Waals surface area contributed by atoms with Gasteiger partial charge < -0.3 is 11.1 Å². The van der Waals surface area contributed by atoms with E-state index < -0.39 is 24.3 Å². The van der Waals surface area contributed by atoms with Crippen molar-refractivity contribution in [2.24, 2.45) is 5.73 Å². The van der Waals surface area contributed by atoms with Crippen LogP contribution < -0.4 is 11.1 Å². The Labute approximate surface area is 105 Å². The van der Waals surface area contributed by atoms with E-state index in [9.17, 15) is 22.4 Å². The molecule has 0 aliphatic rings. The minimum atomic E-state index is -4.60. The number of anilines is 1. The van der Waals surface area contributed by atoms with Crippen LogP contribution in [0.25, 0.3) is 0 Å². The smallest absolute Gasteiger partial charge is 0.389 e. The number of hydrogen-bond acceptors (Lipinski definition) is 2. The molecule has 0 aliphatic carbocycles. The molecule has 1 aromatic rings. The molecule has 0 saturated heterocycles. The highest BCUT2D eigenvalue weighted by Gasteiger charge is 2.31. The SMILES string of the molecule is NC(=S)c1cc(NC(=O)CC(F)(F)F)ccc1F. The van der Waals surface area contributed by atoms with Gasteiger partial charge in [0.1, 0.15) is 17.2 Å². The summed E-state index contributed by atoms with van der Waals surface area (Å²) >= 11 is 4.56. The van der Waals surface area contributed by atoms with E-state index in [0.717, 1.165) is 18.2 Å². The zero-order chi connectivity index (χ0) is 13.9. The summed E-state index contributed by atoms with van der Waals surface area (Å²) in [5.41, 5.74) is 5.07. The van der Waals surface area contributed by atoms with E-state index in [1.165, 1.54) is 0 Å². The van der Waals surface area contributed by atoms with E-state index in [4.69, 9.17) is 5.73 Å². The second-order valence-electron chi connectivity index (χ2n) is 3.40. The average molecular weight is 280 g/mol. The third-order valence-corrected chi connectivity index (χ3v) is 2.10.